The van der Waals surface area contributed by atoms with Crippen LogP contribution in [0.3, 0.4) is 0 Å². The van der Waals surface area contributed by atoms with E-state index in [1.54, 1.807) is 4.90 Å². The van der Waals surface area contributed by atoms with E-state index in [4.69, 9.17) is 4.74 Å². The molecule has 1 amide bonds. The van der Waals surface area contributed by atoms with Gasteiger partial charge < -0.3 is 35.2 Å². The first-order valence-corrected chi connectivity index (χ1v) is 20.8. The smallest absolute Gasteiger partial charge is 0.222 e. The molecule has 1 rings (SSSR count). The summed E-state index contributed by atoms with van der Waals surface area (Å²) in [5.41, 5.74) is 0. The molecule has 0 aromatic heterocycles. The fraction of sp³-hybridized carbons (Fsp3) is 0.927. The van der Waals surface area contributed by atoms with Crippen molar-refractivity contribution in [1.82, 2.24) is 4.90 Å². The molecule has 0 aromatic rings. The van der Waals surface area contributed by atoms with Gasteiger partial charge in [0.2, 0.25) is 5.91 Å². The molecule has 8 heteroatoms. The Kier molecular flexibility index (Phi) is 29.7. The Hall–Kier alpha value is -1.03. The van der Waals surface area contributed by atoms with Gasteiger partial charge in [-0.3, -0.25) is 4.79 Å². The lowest BCUT2D eigenvalue weighted by atomic mass is 9.92. The van der Waals surface area contributed by atoms with Gasteiger partial charge in [-0.1, -0.05) is 167 Å². The van der Waals surface area contributed by atoms with E-state index in [0.29, 0.717) is 13.0 Å². The second kappa shape index (κ2) is 31.7. The number of carbonyl (C=O) groups is 1. The third-order valence-electron chi connectivity index (χ3n) is 10.2. The van der Waals surface area contributed by atoms with Crippen molar-refractivity contribution in [2.24, 2.45) is 0 Å². The molecular formula is C41H79NO7. The maximum Gasteiger partial charge on any atom is 0.222 e. The largest absolute Gasteiger partial charge is 0.394 e. The number of aliphatic hydroxyl groups excluding tert-OH is 5. The van der Waals surface area contributed by atoms with Crippen molar-refractivity contribution in [3.8, 4) is 0 Å². The van der Waals surface area contributed by atoms with Crippen LogP contribution in [0.4, 0.5) is 0 Å². The maximum atomic E-state index is 13.3. The number of ether oxygens (including phenoxy) is 1. The maximum absolute atomic E-state index is 13.3. The summed E-state index contributed by atoms with van der Waals surface area (Å²) < 4.78 is 5.60. The van der Waals surface area contributed by atoms with Gasteiger partial charge in [0, 0.05) is 25.9 Å². The molecule has 1 unspecified atom stereocenters. The first-order valence-electron chi connectivity index (χ1n) is 20.8. The molecule has 1 aliphatic rings. The van der Waals surface area contributed by atoms with Gasteiger partial charge in [-0.05, 0) is 19.3 Å². The van der Waals surface area contributed by atoms with E-state index < -0.39 is 43.2 Å². The van der Waals surface area contributed by atoms with Crippen LogP contribution in [0, 0.1) is 0 Å². The minimum absolute atomic E-state index is 0.00951. The van der Waals surface area contributed by atoms with Crippen LogP contribution < -0.4 is 0 Å². The summed E-state index contributed by atoms with van der Waals surface area (Å²) in [4.78, 5) is 15.0. The zero-order valence-corrected chi connectivity index (χ0v) is 31.8. The van der Waals surface area contributed by atoms with Crippen molar-refractivity contribution in [2.45, 2.75) is 224 Å². The van der Waals surface area contributed by atoms with Gasteiger partial charge in [-0.15, -0.1) is 0 Å². The van der Waals surface area contributed by atoms with Gasteiger partial charge >= 0.3 is 0 Å². The van der Waals surface area contributed by atoms with Gasteiger partial charge in [0.15, 0.2) is 0 Å². The monoisotopic (exact) mass is 698 g/mol. The predicted octanol–water partition coefficient (Wildman–Crippen LogP) is 8.15. The van der Waals surface area contributed by atoms with Gasteiger partial charge in [0.1, 0.15) is 24.4 Å². The number of unbranched alkanes of at least 4 members (excludes halogenated alkanes) is 23. The second-order valence-corrected chi connectivity index (χ2v) is 14.8. The molecule has 0 bridgehead atoms. The first-order chi connectivity index (χ1) is 23.8. The Morgan fingerprint density at radius 1 is 0.612 bits per heavy atom. The Labute approximate surface area is 301 Å². The summed E-state index contributed by atoms with van der Waals surface area (Å²) in [6, 6.07) is 0. The highest BCUT2D eigenvalue weighted by atomic mass is 16.5. The quantitative estimate of drug-likeness (QED) is 0.0346. The zero-order valence-electron chi connectivity index (χ0n) is 31.8. The molecule has 8 nitrogen and oxygen atoms in total. The van der Waals surface area contributed by atoms with Crippen LogP contribution in [0.25, 0.3) is 0 Å². The van der Waals surface area contributed by atoms with Gasteiger partial charge in [-0.2, -0.15) is 0 Å². The molecule has 0 aliphatic carbocycles. The van der Waals surface area contributed by atoms with Crippen LogP contribution in [0.15, 0.2) is 12.2 Å². The number of rotatable bonds is 33. The first kappa shape index (κ1) is 46.0. The van der Waals surface area contributed by atoms with Crippen LogP contribution in [-0.2, 0) is 9.53 Å². The molecule has 5 N–H and O–H groups in total. The SMILES string of the molecule is CCCCCCCCCCCCCC=CCN(CC(O)C[C@@H]1O[C@H](CO)[C@@H](O)[C@H](O)[C@H]1O)C(=O)CCCCCCCCCCCCCCC. The molecule has 0 aromatic carbocycles. The van der Waals surface area contributed by atoms with Crippen molar-refractivity contribution in [3.63, 3.8) is 0 Å². The fourth-order valence-corrected chi connectivity index (χ4v) is 6.95. The minimum Gasteiger partial charge on any atom is -0.394 e. The molecular weight excluding hydrogens is 618 g/mol. The number of carbonyl (C=O) groups excluding carboxylic acids is 1. The number of nitrogens with zero attached hydrogens (tertiary/aromatic N) is 1. The van der Waals surface area contributed by atoms with Crippen LogP contribution in [0.5, 0.6) is 0 Å². The van der Waals surface area contributed by atoms with E-state index in [1.165, 1.54) is 128 Å². The van der Waals surface area contributed by atoms with Crippen molar-refractivity contribution in [3.05, 3.63) is 12.2 Å². The van der Waals surface area contributed by atoms with Crippen LogP contribution in [-0.4, -0.2) is 92.7 Å². The minimum atomic E-state index is -1.48. The normalized spacial score (nSPS) is 21.8. The van der Waals surface area contributed by atoms with E-state index in [1.807, 2.05) is 6.08 Å². The van der Waals surface area contributed by atoms with Gasteiger partial charge in [-0.25, -0.2) is 0 Å². The summed E-state index contributed by atoms with van der Waals surface area (Å²) in [6.45, 7) is 4.52. The molecule has 1 fully saturated rings. The van der Waals surface area contributed by atoms with E-state index in [2.05, 4.69) is 19.9 Å². The lowest BCUT2D eigenvalue weighted by Crippen LogP contribution is -2.59. The van der Waals surface area contributed by atoms with E-state index in [-0.39, 0.29) is 18.9 Å². The highest BCUT2D eigenvalue weighted by molar-refractivity contribution is 5.76. The fourth-order valence-electron chi connectivity index (χ4n) is 6.95. The lowest BCUT2D eigenvalue weighted by Gasteiger charge is -2.41. The standard InChI is InChI=1S/C41H79NO7/c1-3-5-7-9-11-13-15-17-19-21-23-25-27-29-31-42(33-35(44)32-36-39(46)41(48)40(47)37(34-43)49-36)38(45)30-28-26-24-22-20-18-16-14-12-10-8-6-4-2/h27,29,35-37,39-41,43-44,46-48H,3-26,28,30-34H2,1-2H3/t35?,36-,37+,39-,40+,41+/m0/s1. The lowest BCUT2D eigenvalue weighted by molar-refractivity contribution is -0.234. The highest BCUT2D eigenvalue weighted by Crippen LogP contribution is 2.24. The Morgan fingerprint density at radius 2 is 1.04 bits per heavy atom. The molecule has 1 aliphatic heterocycles. The van der Waals surface area contributed by atoms with Crippen LogP contribution in [0.1, 0.15) is 187 Å². The average Bonchev–Trinajstić information content (AvgIpc) is 3.10. The second-order valence-electron chi connectivity index (χ2n) is 14.8. The Bertz CT molecular complexity index is 779. The number of aliphatic hydroxyl groups is 5. The van der Waals surface area contributed by atoms with Crippen molar-refractivity contribution in [2.75, 3.05) is 19.7 Å². The van der Waals surface area contributed by atoms with Crippen LogP contribution in [0.2, 0.25) is 0 Å². The molecule has 49 heavy (non-hydrogen) atoms. The molecule has 0 radical (unpaired) electrons. The number of hydrogen-bond donors (Lipinski definition) is 5. The zero-order chi connectivity index (χ0) is 36.0. The average molecular weight is 698 g/mol. The van der Waals surface area contributed by atoms with Crippen LogP contribution >= 0.6 is 0 Å². The topological polar surface area (TPSA) is 131 Å². The van der Waals surface area contributed by atoms with Gasteiger partial charge in [0.25, 0.3) is 0 Å². The Morgan fingerprint density at radius 3 is 1.51 bits per heavy atom. The molecule has 0 saturated carbocycles. The summed E-state index contributed by atoms with van der Waals surface area (Å²) in [7, 11) is 0. The summed E-state index contributed by atoms with van der Waals surface area (Å²) in [5.74, 6) is 0.00951. The van der Waals surface area contributed by atoms with Crippen molar-refractivity contribution < 1.29 is 35.1 Å². The third kappa shape index (κ3) is 23.2. The van der Waals surface area contributed by atoms with Gasteiger partial charge in [0.05, 0.1) is 18.8 Å². The molecule has 1 heterocycles. The van der Waals surface area contributed by atoms with Crippen molar-refractivity contribution in [1.29, 1.82) is 0 Å². The molecule has 290 valence electrons. The van der Waals surface area contributed by atoms with E-state index in [0.717, 1.165) is 32.1 Å². The summed E-state index contributed by atoms with van der Waals surface area (Å²) >= 11 is 0. The molecule has 6 atom stereocenters. The summed E-state index contributed by atoms with van der Waals surface area (Å²) in [6.07, 6.45) is 29.0. The molecule has 1 saturated heterocycles. The summed E-state index contributed by atoms with van der Waals surface area (Å²) in [5, 5.41) is 51.1. The van der Waals surface area contributed by atoms with E-state index >= 15 is 0 Å². The third-order valence-corrected chi connectivity index (χ3v) is 10.2. The number of allylic oxidation sites excluding steroid dienone is 1. The number of amides is 1. The van der Waals surface area contributed by atoms with E-state index in [9.17, 15) is 30.3 Å². The predicted molar refractivity (Wildman–Crippen MR) is 202 cm³/mol. The number of hydrogen-bond acceptors (Lipinski definition) is 7. The van der Waals surface area contributed by atoms with Crippen molar-refractivity contribution >= 4 is 5.91 Å². The Balaban J connectivity index is 2.43. The highest BCUT2D eigenvalue weighted by Gasteiger charge is 2.43. The molecule has 0 spiro atoms.